The Morgan fingerprint density at radius 2 is 2.07 bits per heavy atom. The lowest BCUT2D eigenvalue weighted by atomic mass is 9.95. The Labute approximate surface area is 316 Å². The van der Waals surface area contributed by atoms with Crippen LogP contribution in [0.15, 0.2) is 30.9 Å². The summed E-state index contributed by atoms with van der Waals surface area (Å²) in [5.74, 6) is -1.04. The minimum atomic E-state index is -0.983. The number of alkyl halides is 1. The zero-order valence-corrected chi connectivity index (χ0v) is 30.9. The number of nitrogen functional groups attached to an aromatic ring is 1. The van der Waals surface area contributed by atoms with E-state index in [-0.39, 0.29) is 96.8 Å². The molecule has 3 saturated heterocycles. The molecule has 7 heterocycles. The van der Waals surface area contributed by atoms with Crippen LogP contribution in [0, 0.1) is 23.0 Å². The lowest BCUT2D eigenvalue weighted by Gasteiger charge is -2.37. The van der Waals surface area contributed by atoms with Gasteiger partial charge in [-0.25, -0.2) is 22.9 Å². The average molecular weight is 778 g/mol. The molecule has 0 saturated carbocycles. The number of rotatable bonds is 5. The number of nitrogens with two attached hydrogens (primary N) is 1. The van der Waals surface area contributed by atoms with E-state index in [1.807, 2.05) is 24.8 Å². The maximum absolute atomic E-state index is 17.5. The van der Waals surface area contributed by atoms with Crippen molar-refractivity contribution in [3.05, 3.63) is 53.1 Å². The Morgan fingerprint density at radius 3 is 2.85 bits per heavy atom. The number of carbonyl (C=O) groups excluding carboxylic acids is 1. The zero-order valence-electron chi connectivity index (χ0n) is 29.4. The van der Waals surface area contributed by atoms with Crippen molar-refractivity contribution in [1.82, 2.24) is 29.3 Å². The number of carbonyl (C=O) groups is 1. The quantitative estimate of drug-likeness (QED) is 0.204. The molecule has 0 spiro atoms. The van der Waals surface area contributed by atoms with Gasteiger partial charge in [0.1, 0.15) is 53.9 Å². The number of nitriles is 1. The molecule has 3 fully saturated rings. The van der Waals surface area contributed by atoms with Crippen molar-refractivity contribution in [3.63, 3.8) is 0 Å². The van der Waals surface area contributed by atoms with E-state index < -0.39 is 23.3 Å². The van der Waals surface area contributed by atoms with Gasteiger partial charge in [-0.3, -0.25) is 9.47 Å². The van der Waals surface area contributed by atoms with Crippen molar-refractivity contribution >= 4 is 60.8 Å². The summed E-state index contributed by atoms with van der Waals surface area (Å²) in [7, 11) is 0. The Morgan fingerprint density at radius 1 is 1.24 bits per heavy atom. The van der Waals surface area contributed by atoms with Crippen molar-refractivity contribution in [3.8, 4) is 29.0 Å². The Bertz CT molecular complexity index is 2390. The van der Waals surface area contributed by atoms with Gasteiger partial charge in [0.25, 0.3) is 0 Å². The van der Waals surface area contributed by atoms with E-state index in [1.54, 1.807) is 17.3 Å². The molecule has 0 aliphatic carbocycles. The molecular weight excluding hydrogens is 743 g/mol. The number of fused-ring (bicyclic) bond motifs is 2. The number of anilines is 2. The highest BCUT2D eigenvalue weighted by atomic mass is 35.5. The first kappa shape index (κ1) is 34.9. The third-order valence-electron chi connectivity index (χ3n) is 11.6. The minimum absolute atomic E-state index is 0.00663. The van der Waals surface area contributed by atoms with Crippen LogP contribution in [0.5, 0.6) is 11.8 Å². The fraction of sp³-hybridized carbons (Fsp3) is 0.432. The van der Waals surface area contributed by atoms with Gasteiger partial charge >= 0.3 is 12.0 Å². The second-order valence-corrected chi connectivity index (χ2v) is 16.0. The Hall–Kier alpha value is -4.85. The van der Waals surface area contributed by atoms with Crippen LogP contribution < -0.4 is 20.1 Å². The molecule has 4 aliphatic heterocycles. The number of benzene rings is 2. The first-order chi connectivity index (χ1) is 26.0. The monoisotopic (exact) mass is 777 g/mol. The molecule has 12 nitrogen and oxygen atoms in total. The van der Waals surface area contributed by atoms with Crippen LogP contribution in [-0.4, -0.2) is 98.0 Å². The number of hydrogen-bond acceptors (Lipinski definition) is 11. The molecule has 5 aromatic rings. The molecule has 1 amide bonds. The zero-order chi connectivity index (χ0) is 37.6. The van der Waals surface area contributed by atoms with Crippen LogP contribution >= 0.6 is 22.9 Å². The topological polar surface area (TPSA) is 139 Å². The lowest BCUT2D eigenvalue weighted by Crippen LogP contribution is -2.51. The van der Waals surface area contributed by atoms with Gasteiger partial charge in [0.15, 0.2) is 11.6 Å². The summed E-state index contributed by atoms with van der Waals surface area (Å²) >= 11 is 8.03. The molecule has 5 atom stereocenters. The number of thiophene rings is 1. The molecular formula is C37H35ClF3N9O3S. The SMILES string of the molecule is C[C@@H]1[C@H](N2c3nc(OC[C@@]45CCCN4C[C@H](F)C5)nc4c(F)c(-c5ccc(F)c6sc(N)c(C#N)c56)c(Cl)c(c34)OC[C@@H]2C)CCN1C(=O)n1ccnc1. The number of ether oxygens (including phenoxy) is 2. The van der Waals surface area contributed by atoms with Gasteiger partial charge in [-0.2, -0.15) is 15.2 Å². The van der Waals surface area contributed by atoms with Crippen LogP contribution in [0.2, 0.25) is 5.02 Å². The molecule has 9 rings (SSSR count). The summed E-state index contributed by atoms with van der Waals surface area (Å²) in [6, 6.07) is 3.29. The minimum Gasteiger partial charge on any atom is -0.489 e. The van der Waals surface area contributed by atoms with E-state index in [9.17, 15) is 14.4 Å². The van der Waals surface area contributed by atoms with Crippen LogP contribution in [0.25, 0.3) is 32.1 Å². The van der Waals surface area contributed by atoms with Crippen molar-refractivity contribution in [2.45, 2.75) is 69.4 Å². The summed E-state index contributed by atoms with van der Waals surface area (Å²) in [6.07, 6.45) is 6.15. The van der Waals surface area contributed by atoms with Crippen molar-refractivity contribution < 1.29 is 27.4 Å². The second-order valence-electron chi connectivity index (χ2n) is 14.6. The second kappa shape index (κ2) is 12.9. The van der Waals surface area contributed by atoms with E-state index in [4.69, 9.17) is 31.8 Å². The third-order valence-corrected chi connectivity index (χ3v) is 13.0. The van der Waals surface area contributed by atoms with Gasteiger partial charge < -0.3 is 25.0 Å². The van der Waals surface area contributed by atoms with Crippen molar-refractivity contribution in [2.24, 2.45) is 0 Å². The number of imidazole rings is 1. The molecule has 3 aromatic heterocycles. The van der Waals surface area contributed by atoms with Gasteiger partial charge in [0.05, 0.1) is 44.3 Å². The number of likely N-dealkylation sites (tertiary alicyclic amines) is 1. The predicted molar refractivity (Wildman–Crippen MR) is 198 cm³/mol. The smallest absolute Gasteiger partial charge is 0.329 e. The summed E-state index contributed by atoms with van der Waals surface area (Å²) in [4.78, 5) is 33.0. The predicted octanol–water partition coefficient (Wildman–Crippen LogP) is 6.77. The molecule has 4 aliphatic rings. The van der Waals surface area contributed by atoms with Gasteiger partial charge in [-0.05, 0) is 51.3 Å². The number of aromatic nitrogens is 4. The maximum Gasteiger partial charge on any atom is 0.329 e. The van der Waals surface area contributed by atoms with E-state index in [1.165, 1.54) is 23.0 Å². The summed E-state index contributed by atoms with van der Waals surface area (Å²) in [5.41, 5.74) is 5.47. The molecule has 0 unspecified atom stereocenters. The van der Waals surface area contributed by atoms with Crippen molar-refractivity contribution in [2.75, 3.05) is 43.5 Å². The maximum atomic E-state index is 17.5. The van der Waals surface area contributed by atoms with Crippen molar-refractivity contribution in [1.29, 1.82) is 5.26 Å². The highest BCUT2D eigenvalue weighted by molar-refractivity contribution is 7.23. The first-order valence-electron chi connectivity index (χ1n) is 17.9. The Kier molecular flexibility index (Phi) is 8.32. The largest absolute Gasteiger partial charge is 0.489 e. The molecule has 54 heavy (non-hydrogen) atoms. The number of halogens is 4. The first-order valence-corrected chi connectivity index (χ1v) is 19.1. The molecule has 280 valence electrons. The Balaban J connectivity index is 1.23. The summed E-state index contributed by atoms with van der Waals surface area (Å²) in [6.45, 7) is 5.64. The normalized spacial score (nSPS) is 25.3. The molecule has 0 bridgehead atoms. The van der Waals surface area contributed by atoms with E-state index in [0.29, 0.717) is 31.7 Å². The number of nitrogens with zero attached hydrogens (tertiary/aromatic N) is 8. The molecule has 17 heteroatoms. The molecule has 2 N–H and O–H groups in total. The highest BCUT2D eigenvalue weighted by Crippen LogP contribution is 2.52. The van der Waals surface area contributed by atoms with Crippen LogP contribution in [0.1, 0.15) is 45.1 Å². The van der Waals surface area contributed by atoms with E-state index in [2.05, 4.69) is 14.9 Å². The summed E-state index contributed by atoms with van der Waals surface area (Å²) < 4.78 is 61.6. The molecule has 2 aromatic carbocycles. The standard InChI is InChI=1S/C37H35ClF3N9O3S/c1-18-15-52-31-27-30(29(41)26(28(31)38)21-4-5-23(40)32-25(21)22(13-42)33(43)54-32)45-35(53-16-37-7-3-9-48(37)14-20(39)12-37)46-34(27)50(18)24-6-10-49(19(24)2)36(51)47-11-8-44-17-47/h4-5,8,11,17-20,24H,3,6-7,9-10,12,14-16,43H2,1-2H3/t18-,19+,20+,24+,37-/m0/s1. The highest BCUT2D eigenvalue weighted by Gasteiger charge is 2.50. The van der Waals surface area contributed by atoms with E-state index >= 15 is 8.78 Å². The van der Waals surface area contributed by atoms with E-state index in [0.717, 1.165) is 30.7 Å². The van der Waals surface area contributed by atoms with Crippen LogP contribution in [0.4, 0.5) is 28.8 Å². The lowest BCUT2D eigenvalue weighted by molar-refractivity contribution is 0.107. The average Bonchev–Trinajstić information content (AvgIpc) is 3.98. The fourth-order valence-electron chi connectivity index (χ4n) is 9.08. The van der Waals surface area contributed by atoms with Gasteiger partial charge in [0, 0.05) is 42.9 Å². The molecule has 0 radical (unpaired) electrons. The fourth-order valence-corrected chi connectivity index (χ4v) is 10.4. The van der Waals surface area contributed by atoms with Crippen LogP contribution in [-0.2, 0) is 0 Å². The summed E-state index contributed by atoms with van der Waals surface area (Å²) in [5, 5.41) is 10.3. The van der Waals surface area contributed by atoms with Gasteiger partial charge in [0.2, 0.25) is 0 Å². The number of amides is 1. The van der Waals surface area contributed by atoms with Crippen LogP contribution in [0.3, 0.4) is 0 Å². The van der Waals surface area contributed by atoms with Gasteiger partial charge in [-0.1, -0.05) is 17.7 Å². The third kappa shape index (κ3) is 5.19. The van der Waals surface area contributed by atoms with Gasteiger partial charge in [-0.15, -0.1) is 11.3 Å². The number of hydrogen-bond donors (Lipinski definition) is 1.